The molecule has 0 aromatic heterocycles. The van der Waals surface area contributed by atoms with E-state index in [1.54, 1.807) is 6.92 Å². The number of alkyl halides is 3. The fourth-order valence-electron chi connectivity index (χ4n) is 2.77. The molecule has 172 valence electrons. The number of rotatable bonds is 9. The fourth-order valence-corrected chi connectivity index (χ4v) is 3.37. The van der Waals surface area contributed by atoms with Crippen LogP contribution in [0, 0.1) is 5.92 Å². The number of hydrogen-bond acceptors (Lipinski definition) is 5. The first-order valence-corrected chi connectivity index (χ1v) is 10.6. The minimum atomic E-state index is -4.45. The number of nitrogens with zero attached hydrogens (tertiary/aromatic N) is 4. The number of amidine groups is 1. The highest BCUT2D eigenvalue weighted by Gasteiger charge is 2.33. The highest BCUT2D eigenvalue weighted by molar-refractivity contribution is 8.00. The van der Waals surface area contributed by atoms with Gasteiger partial charge >= 0.3 is 5.51 Å². The summed E-state index contributed by atoms with van der Waals surface area (Å²) in [6, 6.07) is 4.83. The highest BCUT2D eigenvalue weighted by atomic mass is 32.2. The van der Waals surface area contributed by atoms with Gasteiger partial charge in [-0.25, -0.2) is 15.0 Å². The van der Waals surface area contributed by atoms with Crippen LogP contribution in [0.5, 0.6) is 0 Å². The van der Waals surface area contributed by atoms with Crippen molar-refractivity contribution in [1.82, 2.24) is 4.90 Å². The van der Waals surface area contributed by atoms with Gasteiger partial charge in [-0.2, -0.15) is 13.2 Å². The average Bonchev–Trinajstić information content (AvgIpc) is 3.54. The van der Waals surface area contributed by atoms with Gasteiger partial charge in [0.15, 0.2) is 5.84 Å². The van der Waals surface area contributed by atoms with Crippen molar-refractivity contribution in [3.63, 3.8) is 0 Å². The van der Waals surface area contributed by atoms with Crippen LogP contribution >= 0.6 is 11.8 Å². The van der Waals surface area contributed by atoms with E-state index in [0.29, 0.717) is 12.5 Å². The average molecular weight is 467 g/mol. The van der Waals surface area contributed by atoms with Crippen LogP contribution in [0.2, 0.25) is 0 Å². The molecule has 1 aliphatic rings. The second-order valence-electron chi connectivity index (χ2n) is 6.98. The molecule has 1 fully saturated rings. The predicted octanol–water partition coefficient (Wildman–Crippen LogP) is 3.94. The molecular formula is C21H25F3N6OS. The van der Waals surface area contributed by atoms with Crippen molar-refractivity contribution in [3.05, 3.63) is 54.5 Å². The molecule has 2 rings (SSSR count). The van der Waals surface area contributed by atoms with Crippen LogP contribution in [0.15, 0.2) is 68.8 Å². The van der Waals surface area contributed by atoms with Crippen LogP contribution < -0.4 is 11.5 Å². The SMILES string of the molecule is C=C(N=C/C=C\N)N=C(N=CN)C(C)N(CC1CC1)C(=O)c1cccc(SC(F)(F)F)c1. The molecule has 1 saturated carbocycles. The van der Waals surface area contributed by atoms with E-state index in [4.69, 9.17) is 11.5 Å². The fraction of sp³-hybridized carbons (Fsp3) is 0.333. The van der Waals surface area contributed by atoms with Gasteiger partial charge in [-0.05, 0) is 67.9 Å². The molecule has 0 heterocycles. The van der Waals surface area contributed by atoms with Crippen molar-refractivity contribution in [2.75, 3.05) is 6.54 Å². The Morgan fingerprint density at radius 3 is 2.66 bits per heavy atom. The van der Waals surface area contributed by atoms with Crippen molar-refractivity contribution in [3.8, 4) is 0 Å². The number of thioether (sulfide) groups is 1. The molecule has 1 aromatic carbocycles. The number of allylic oxidation sites excluding steroid dienone is 1. The maximum atomic E-state index is 13.3. The van der Waals surface area contributed by atoms with Gasteiger partial charge in [0.1, 0.15) is 5.82 Å². The summed E-state index contributed by atoms with van der Waals surface area (Å²) >= 11 is -0.265. The quantitative estimate of drug-likeness (QED) is 0.326. The Morgan fingerprint density at radius 2 is 2.06 bits per heavy atom. The summed E-state index contributed by atoms with van der Waals surface area (Å²) < 4.78 is 38.3. The Balaban J connectivity index is 2.33. The van der Waals surface area contributed by atoms with Crippen molar-refractivity contribution in [2.45, 2.75) is 36.2 Å². The van der Waals surface area contributed by atoms with Crippen LogP contribution in [0.25, 0.3) is 0 Å². The second-order valence-corrected chi connectivity index (χ2v) is 8.12. The first kappa shape index (κ1) is 25.2. The molecular weight excluding hydrogens is 441 g/mol. The number of amides is 1. The van der Waals surface area contributed by atoms with E-state index in [1.165, 1.54) is 47.7 Å². The van der Waals surface area contributed by atoms with Gasteiger partial charge in [0.25, 0.3) is 5.91 Å². The number of benzene rings is 1. The number of carbonyl (C=O) groups is 1. The van der Waals surface area contributed by atoms with E-state index in [2.05, 4.69) is 21.6 Å². The van der Waals surface area contributed by atoms with Gasteiger partial charge in [0, 0.05) is 23.2 Å². The maximum Gasteiger partial charge on any atom is 0.446 e. The van der Waals surface area contributed by atoms with E-state index in [1.807, 2.05) is 0 Å². The normalized spacial score (nSPS) is 16.2. The summed E-state index contributed by atoms with van der Waals surface area (Å²) in [5.41, 5.74) is 6.41. The van der Waals surface area contributed by atoms with Crippen molar-refractivity contribution >= 4 is 36.1 Å². The summed E-state index contributed by atoms with van der Waals surface area (Å²) in [5.74, 6) is 0.210. The lowest BCUT2D eigenvalue weighted by atomic mass is 10.1. The molecule has 11 heteroatoms. The summed E-state index contributed by atoms with van der Waals surface area (Å²) in [6.45, 7) is 5.86. The smallest absolute Gasteiger partial charge is 0.405 e. The molecule has 1 unspecified atom stereocenters. The minimum Gasteiger partial charge on any atom is -0.405 e. The third-order valence-corrected chi connectivity index (χ3v) is 5.16. The van der Waals surface area contributed by atoms with Crippen molar-refractivity contribution in [2.24, 2.45) is 32.4 Å². The molecule has 0 radical (unpaired) electrons. The Bertz CT molecular complexity index is 938. The number of carbonyl (C=O) groups excluding carboxylic acids is 1. The van der Waals surface area contributed by atoms with Crippen LogP contribution in [0.1, 0.15) is 30.1 Å². The summed E-state index contributed by atoms with van der Waals surface area (Å²) in [5, 5.41) is 0. The van der Waals surface area contributed by atoms with Gasteiger partial charge in [-0.1, -0.05) is 12.6 Å². The molecule has 4 N–H and O–H groups in total. The van der Waals surface area contributed by atoms with Crippen molar-refractivity contribution < 1.29 is 18.0 Å². The number of halogens is 3. The largest absolute Gasteiger partial charge is 0.446 e. The van der Waals surface area contributed by atoms with Crippen LogP contribution in [-0.4, -0.2) is 47.3 Å². The maximum absolute atomic E-state index is 13.3. The number of aliphatic imine (C=N–C) groups is 3. The molecule has 0 bridgehead atoms. The van der Waals surface area contributed by atoms with Gasteiger partial charge in [-0.15, -0.1) is 0 Å². The molecule has 1 aromatic rings. The van der Waals surface area contributed by atoms with E-state index in [9.17, 15) is 18.0 Å². The van der Waals surface area contributed by atoms with Crippen LogP contribution in [-0.2, 0) is 0 Å². The lowest BCUT2D eigenvalue weighted by Gasteiger charge is -2.29. The standard InChI is InChI=1S/C21H25F3N6OS/c1-14(19(28-13-26)29-15(2)27-10-4-9-25)30(12-16-7-8-16)20(31)17-5-3-6-18(11-17)32-21(22,23)24/h3-6,9-11,13-14,16H,2,7-8,12,25H2,1H3,(H2,26,28,29)/b9-4-,27-10?. The zero-order valence-electron chi connectivity index (χ0n) is 17.5. The highest BCUT2D eigenvalue weighted by Crippen LogP contribution is 2.37. The molecule has 0 saturated heterocycles. The summed E-state index contributed by atoms with van der Waals surface area (Å²) in [7, 11) is 0. The Labute approximate surface area is 188 Å². The van der Waals surface area contributed by atoms with E-state index in [0.717, 1.165) is 19.2 Å². The Hall–Kier alpha value is -3.08. The Kier molecular flexibility index (Phi) is 9.06. The van der Waals surface area contributed by atoms with E-state index < -0.39 is 17.5 Å². The molecule has 1 amide bonds. The second kappa shape index (κ2) is 11.5. The van der Waals surface area contributed by atoms with Gasteiger partial charge in [0.2, 0.25) is 0 Å². The molecule has 0 spiro atoms. The first-order chi connectivity index (χ1) is 15.1. The molecule has 7 nitrogen and oxygen atoms in total. The van der Waals surface area contributed by atoms with Gasteiger partial charge in [-0.3, -0.25) is 4.79 Å². The predicted molar refractivity (Wildman–Crippen MR) is 123 cm³/mol. The third kappa shape index (κ3) is 8.22. The number of nitrogens with two attached hydrogens (primary N) is 2. The lowest BCUT2D eigenvalue weighted by Crippen LogP contribution is -2.44. The zero-order chi connectivity index (χ0) is 23.7. The van der Waals surface area contributed by atoms with E-state index in [-0.39, 0.29) is 33.9 Å². The minimum absolute atomic E-state index is 0.0630. The van der Waals surface area contributed by atoms with Crippen LogP contribution in [0.4, 0.5) is 13.2 Å². The molecule has 32 heavy (non-hydrogen) atoms. The Morgan fingerprint density at radius 1 is 1.34 bits per heavy atom. The summed E-state index contributed by atoms with van der Waals surface area (Å²) in [4.78, 5) is 27.1. The molecule has 1 aliphatic carbocycles. The topological polar surface area (TPSA) is 109 Å². The zero-order valence-corrected chi connectivity index (χ0v) is 18.3. The third-order valence-electron chi connectivity index (χ3n) is 4.44. The molecule has 0 aliphatic heterocycles. The summed E-state index contributed by atoms with van der Waals surface area (Å²) in [6.07, 6.45) is 7.17. The first-order valence-electron chi connectivity index (χ1n) is 9.74. The number of hydrogen-bond donors (Lipinski definition) is 2. The van der Waals surface area contributed by atoms with E-state index >= 15 is 0 Å². The van der Waals surface area contributed by atoms with Crippen molar-refractivity contribution in [1.29, 1.82) is 0 Å². The van der Waals surface area contributed by atoms with Crippen LogP contribution in [0.3, 0.4) is 0 Å². The van der Waals surface area contributed by atoms with Gasteiger partial charge < -0.3 is 16.4 Å². The molecule has 1 atom stereocenters. The monoisotopic (exact) mass is 466 g/mol. The van der Waals surface area contributed by atoms with Gasteiger partial charge in [0.05, 0.1) is 12.4 Å². The lowest BCUT2D eigenvalue weighted by molar-refractivity contribution is -0.0328.